The van der Waals surface area contributed by atoms with Gasteiger partial charge in [0.1, 0.15) is 5.69 Å². The van der Waals surface area contributed by atoms with Crippen molar-refractivity contribution in [3.8, 4) is 11.5 Å². The van der Waals surface area contributed by atoms with Crippen molar-refractivity contribution in [3.05, 3.63) is 35.7 Å². The Labute approximate surface area is 176 Å². The van der Waals surface area contributed by atoms with Gasteiger partial charge in [0, 0.05) is 5.75 Å². The van der Waals surface area contributed by atoms with Gasteiger partial charge in [0.25, 0.3) is 5.91 Å². The molecule has 156 valence electrons. The van der Waals surface area contributed by atoms with E-state index in [9.17, 15) is 13.2 Å². The Morgan fingerprint density at radius 2 is 2.27 bits per heavy atom. The summed E-state index contributed by atoms with van der Waals surface area (Å²) in [6, 6.07) is 4.88. The van der Waals surface area contributed by atoms with E-state index in [1.54, 1.807) is 29.8 Å². The van der Waals surface area contributed by atoms with Gasteiger partial charge in [-0.1, -0.05) is 11.8 Å². The Kier molecular flexibility index (Phi) is 4.66. The quantitative estimate of drug-likeness (QED) is 0.656. The Morgan fingerprint density at radius 1 is 1.40 bits per heavy atom. The number of carbonyl (C=O) groups is 1. The summed E-state index contributed by atoms with van der Waals surface area (Å²) in [6.07, 6.45) is 2.01. The first kappa shape index (κ1) is 19.3. The van der Waals surface area contributed by atoms with Crippen molar-refractivity contribution in [2.75, 3.05) is 23.8 Å². The number of hydrogen-bond donors (Lipinski definition) is 1. The van der Waals surface area contributed by atoms with Crippen LogP contribution in [0.2, 0.25) is 0 Å². The average Bonchev–Trinajstić information content (AvgIpc) is 3.49. The third kappa shape index (κ3) is 3.41. The SMILES string of the molecule is Cc1nn(C2CCS(=O)(=O)C2)c2nc(-c3ccco3)cc(C(=O)NC3=NCCS3)c12. The number of hydrogen-bond acceptors (Lipinski definition) is 8. The molecule has 0 aliphatic carbocycles. The van der Waals surface area contributed by atoms with Crippen LogP contribution in [-0.4, -0.2) is 58.1 Å². The molecular weight excluding hydrogens is 426 g/mol. The maximum Gasteiger partial charge on any atom is 0.258 e. The molecule has 9 nitrogen and oxygen atoms in total. The summed E-state index contributed by atoms with van der Waals surface area (Å²) in [5, 5.41) is 8.64. The molecule has 0 spiro atoms. The second kappa shape index (κ2) is 7.24. The molecule has 11 heteroatoms. The molecule has 3 aromatic heterocycles. The number of aromatic nitrogens is 3. The zero-order valence-electron chi connectivity index (χ0n) is 16.2. The van der Waals surface area contributed by atoms with Crippen LogP contribution in [0.1, 0.15) is 28.5 Å². The average molecular weight is 446 g/mol. The molecule has 1 saturated heterocycles. The lowest BCUT2D eigenvalue weighted by Crippen LogP contribution is -2.27. The van der Waals surface area contributed by atoms with E-state index in [0.717, 1.165) is 5.75 Å². The second-order valence-corrected chi connectivity index (χ2v) is 10.6. The van der Waals surface area contributed by atoms with Crippen LogP contribution in [0.5, 0.6) is 0 Å². The lowest BCUT2D eigenvalue weighted by Gasteiger charge is -2.11. The predicted octanol–water partition coefficient (Wildman–Crippen LogP) is 2.19. The number of amides is 1. The molecule has 2 aliphatic heterocycles. The van der Waals surface area contributed by atoms with Gasteiger partial charge in [0.05, 0.1) is 47.0 Å². The number of sulfone groups is 1. The molecule has 0 bridgehead atoms. The molecule has 5 heterocycles. The highest BCUT2D eigenvalue weighted by molar-refractivity contribution is 8.14. The number of amidine groups is 1. The Bertz CT molecular complexity index is 1280. The standard InChI is InChI=1S/C19H19N5O4S2/c1-11-16-13(18(25)22-19-20-5-7-29-19)9-14(15-3-2-6-28-15)21-17(16)24(23-11)12-4-8-30(26,27)10-12/h2-3,6,9,12H,4-5,7-8,10H2,1H3,(H,20,22,25). The highest BCUT2D eigenvalue weighted by Gasteiger charge is 2.32. The Balaban J connectivity index is 1.67. The number of aryl methyl sites for hydroxylation is 1. The number of fused-ring (bicyclic) bond motifs is 1. The topological polar surface area (TPSA) is 119 Å². The van der Waals surface area contributed by atoms with E-state index in [1.165, 1.54) is 18.0 Å². The van der Waals surface area contributed by atoms with Crippen molar-refractivity contribution in [1.82, 2.24) is 20.1 Å². The zero-order valence-corrected chi connectivity index (χ0v) is 17.8. The molecule has 1 atom stereocenters. The first-order chi connectivity index (χ1) is 14.4. The monoisotopic (exact) mass is 445 g/mol. The van der Waals surface area contributed by atoms with Crippen LogP contribution < -0.4 is 5.32 Å². The summed E-state index contributed by atoms with van der Waals surface area (Å²) < 4.78 is 31.2. The van der Waals surface area contributed by atoms with Crippen molar-refractivity contribution in [2.45, 2.75) is 19.4 Å². The number of nitrogens with zero attached hydrogens (tertiary/aromatic N) is 4. The fraction of sp³-hybridized carbons (Fsp3) is 0.368. The fourth-order valence-electron chi connectivity index (χ4n) is 3.84. The lowest BCUT2D eigenvalue weighted by atomic mass is 10.1. The van der Waals surface area contributed by atoms with Gasteiger partial charge in [-0.15, -0.1) is 0 Å². The summed E-state index contributed by atoms with van der Waals surface area (Å²) >= 11 is 1.50. The van der Waals surface area contributed by atoms with Gasteiger partial charge in [0.2, 0.25) is 0 Å². The minimum atomic E-state index is -3.10. The number of rotatable bonds is 3. The first-order valence-corrected chi connectivity index (χ1v) is 12.3. The zero-order chi connectivity index (χ0) is 20.9. The van der Waals surface area contributed by atoms with Crippen LogP contribution in [0.3, 0.4) is 0 Å². The third-order valence-corrected chi connectivity index (χ3v) is 7.86. The van der Waals surface area contributed by atoms with Crippen LogP contribution >= 0.6 is 11.8 Å². The second-order valence-electron chi connectivity index (χ2n) is 7.31. The number of carbonyl (C=O) groups excluding carboxylic acids is 1. The van der Waals surface area contributed by atoms with Gasteiger partial charge in [-0.3, -0.25) is 9.79 Å². The van der Waals surface area contributed by atoms with E-state index in [4.69, 9.17) is 9.40 Å². The maximum absolute atomic E-state index is 13.1. The van der Waals surface area contributed by atoms with Crippen LogP contribution in [0.4, 0.5) is 0 Å². The predicted molar refractivity (Wildman–Crippen MR) is 115 cm³/mol. The number of pyridine rings is 1. The van der Waals surface area contributed by atoms with Gasteiger partial charge >= 0.3 is 0 Å². The summed E-state index contributed by atoms with van der Waals surface area (Å²) in [4.78, 5) is 22.1. The van der Waals surface area contributed by atoms with E-state index >= 15 is 0 Å². The lowest BCUT2D eigenvalue weighted by molar-refractivity contribution is 0.0979. The van der Waals surface area contributed by atoms with Crippen LogP contribution in [0, 0.1) is 6.92 Å². The summed E-state index contributed by atoms with van der Waals surface area (Å²) in [7, 11) is -3.10. The number of furan rings is 1. The molecule has 30 heavy (non-hydrogen) atoms. The molecule has 5 rings (SSSR count). The molecule has 0 radical (unpaired) electrons. The van der Waals surface area contributed by atoms with E-state index in [-0.39, 0.29) is 23.5 Å². The molecule has 1 fully saturated rings. The van der Waals surface area contributed by atoms with E-state index in [0.29, 0.717) is 51.9 Å². The molecule has 0 aromatic carbocycles. The fourth-order valence-corrected chi connectivity index (χ4v) is 6.26. The molecule has 3 aromatic rings. The molecule has 1 N–H and O–H groups in total. The largest absolute Gasteiger partial charge is 0.463 e. The summed E-state index contributed by atoms with van der Waals surface area (Å²) in [6.45, 7) is 2.48. The van der Waals surface area contributed by atoms with Crippen molar-refractivity contribution in [2.24, 2.45) is 4.99 Å². The highest BCUT2D eigenvalue weighted by Crippen LogP contribution is 2.32. The highest BCUT2D eigenvalue weighted by atomic mass is 32.2. The number of thioether (sulfide) groups is 1. The normalized spacial score (nSPS) is 20.6. The van der Waals surface area contributed by atoms with Gasteiger partial charge < -0.3 is 9.73 Å². The third-order valence-electron chi connectivity index (χ3n) is 5.22. The smallest absolute Gasteiger partial charge is 0.258 e. The summed E-state index contributed by atoms with van der Waals surface area (Å²) in [5.41, 5.74) is 2.00. The molecular formula is C19H19N5O4S2. The van der Waals surface area contributed by atoms with E-state index < -0.39 is 9.84 Å². The minimum absolute atomic E-state index is 0.0187. The van der Waals surface area contributed by atoms with Crippen LogP contribution in [0.15, 0.2) is 33.9 Å². The number of aliphatic imine (C=N–C) groups is 1. The molecule has 1 amide bonds. The molecule has 0 saturated carbocycles. The van der Waals surface area contributed by atoms with Crippen molar-refractivity contribution in [1.29, 1.82) is 0 Å². The van der Waals surface area contributed by atoms with E-state index in [2.05, 4.69) is 15.4 Å². The maximum atomic E-state index is 13.1. The molecule has 1 unspecified atom stereocenters. The van der Waals surface area contributed by atoms with Gasteiger partial charge in [-0.2, -0.15) is 5.10 Å². The Hall–Kier alpha value is -2.66. The van der Waals surface area contributed by atoms with Crippen LogP contribution in [0.25, 0.3) is 22.5 Å². The molecule has 2 aliphatic rings. The van der Waals surface area contributed by atoms with Crippen molar-refractivity contribution >= 4 is 43.7 Å². The van der Waals surface area contributed by atoms with Gasteiger partial charge in [-0.05, 0) is 31.5 Å². The van der Waals surface area contributed by atoms with Gasteiger partial charge in [0.15, 0.2) is 26.4 Å². The van der Waals surface area contributed by atoms with E-state index in [1.807, 2.05) is 0 Å². The first-order valence-electron chi connectivity index (χ1n) is 9.54. The van der Waals surface area contributed by atoms with Gasteiger partial charge in [-0.25, -0.2) is 18.1 Å². The Morgan fingerprint density at radius 3 is 2.93 bits per heavy atom. The number of nitrogens with one attached hydrogen (secondary N) is 1. The van der Waals surface area contributed by atoms with Crippen molar-refractivity contribution < 1.29 is 17.6 Å². The summed E-state index contributed by atoms with van der Waals surface area (Å²) in [5.74, 6) is 1.20. The minimum Gasteiger partial charge on any atom is -0.463 e. The van der Waals surface area contributed by atoms with Crippen LogP contribution in [-0.2, 0) is 9.84 Å². The van der Waals surface area contributed by atoms with Crippen molar-refractivity contribution in [3.63, 3.8) is 0 Å².